The van der Waals surface area contributed by atoms with Gasteiger partial charge in [-0.25, -0.2) is 4.98 Å². The van der Waals surface area contributed by atoms with Crippen LogP contribution in [0.1, 0.15) is 53.6 Å². The molecule has 1 atom stereocenters. The van der Waals surface area contributed by atoms with E-state index in [1.54, 1.807) is 23.5 Å². The van der Waals surface area contributed by atoms with Crippen LogP contribution in [0.5, 0.6) is 0 Å². The number of fused-ring (bicyclic) bond motifs is 2. The summed E-state index contributed by atoms with van der Waals surface area (Å²) < 4.78 is 43.7. The predicted molar refractivity (Wildman–Crippen MR) is 113 cm³/mol. The molecule has 0 aliphatic heterocycles. The average Bonchev–Trinajstić information content (AvgIpc) is 3.24. The van der Waals surface area contributed by atoms with Gasteiger partial charge in [0.2, 0.25) is 0 Å². The van der Waals surface area contributed by atoms with Crippen LogP contribution in [0.3, 0.4) is 0 Å². The van der Waals surface area contributed by atoms with Crippen molar-refractivity contribution in [3.63, 3.8) is 0 Å². The van der Waals surface area contributed by atoms with E-state index in [1.807, 2.05) is 45.0 Å². The molecule has 4 aromatic rings. The molecule has 0 saturated carbocycles. The fraction of sp³-hybridized carbons (Fsp3) is 0.318. The van der Waals surface area contributed by atoms with E-state index in [-0.39, 0.29) is 17.4 Å². The predicted octanol–water partition coefficient (Wildman–Crippen LogP) is 8.00. The molecule has 0 amide bonds. The van der Waals surface area contributed by atoms with Gasteiger partial charge in [0.15, 0.2) is 0 Å². The van der Waals surface area contributed by atoms with Gasteiger partial charge in [-0.15, -0.1) is 22.7 Å². The van der Waals surface area contributed by atoms with Crippen molar-refractivity contribution in [1.29, 1.82) is 0 Å². The van der Waals surface area contributed by atoms with E-state index >= 15 is 0 Å². The lowest BCUT2D eigenvalue weighted by molar-refractivity contribution is -0.137. The van der Waals surface area contributed by atoms with Crippen LogP contribution in [0, 0.1) is 0 Å². The first-order valence-electron chi connectivity index (χ1n) is 9.22. The van der Waals surface area contributed by atoms with E-state index in [1.165, 1.54) is 11.3 Å². The summed E-state index contributed by atoms with van der Waals surface area (Å²) in [6.45, 7) is 5.90. The largest absolute Gasteiger partial charge is 0.418 e. The van der Waals surface area contributed by atoms with Gasteiger partial charge in [-0.3, -0.25) is 0 Å². The van der Waals surface area contributed by atoms with Crippen LogP contribution < -0.4 is 0 Å². The molecule has 2 aromatic carbocycles. The van der Waals surface area contributed by atoms with Crippen LogP contribution in [0.15, 0.2) is 42.5 Å². The van der Waals surface area contributed by atoms with E-state index in [0.717, 1.165) is 20.0 Å². The second-order valence-electron chi connectivity index (χ2n) is 7.44. The van der Waals surface area contributed by atoms with Crippen molar-refractivity contribution < 1.29 is 13.2 Å². The van der Waals surface area contributed by atoms with Crippen molar-refractivity contribution in [2.75, 3.05) is 0 Å². The van der Waals surface area contributed by atoms with Gasteiger partial charge in [0.1, 0.15) is 0 Å². The highest BCUT2D eigenvalue weighted by atomic mass is 32.1. The van der Waals surface area contributed by atoms with Crippen LogP contribution in [-0.4, -0.2) is 4.98 Å². The van der Waals surface area contributed by atoms with E-state index in [0.29, 0.717) is 16.7 Å². The minimum Gasteiger partial charge on any atom is -0.240 e. The molecule has 0 aliphatic rings. The molecular formula is C22H20F3NS2. The van der Waals surface area contributed by atoms with Crippen LogP contribution in [0.25, 0.3) is 20.3 Å². The Morgan fingerprint density at radius 2 is 1.71 bits per heavy atom. The zero-order valence-electron chi connectivity index (χ0n) is 15.8. The molecule has 0 saturated heterocycles. The summed E-state index contributed by atoms with van der Waals surface area (Å²) in [6, 6.07) is 13.6. The van der Waals surface area contributed by atoms with Gasteiger partial charge < -0.3 is 0 Å². The third-order valence-electron chi connectivity index (χ3n) is 4.90. The number of thiazole rings is 1. The SMILES string of the molecule is CC(C)c1nc2c(C(F)(F)F)c(CC(C)c3cc4ccccc4s3)ccc2s1. The van der Waals surface area contributed by atoms with Gasteiger partial charge in [-0.2, -0.15) is 13.2 Å². The Labute approximate surface area is 169 Å². The van der Waals surface area contributed by atoms with Gasteiger partial charge >= 0.3 is 6.18 Å². The second kappa shape index (κ2) is 7.16. The van der Waals surface area contributed by atoms with E-state index in [2.05, 4.69) is 11.1 Å². The summed E-state index contributed by atoms with van der Waals surface area (Å²) in [6.07, 6.45) is -4.08. The number of benzene rings is 2. The molecule has 0 bridgehead atoms. The van der Waals surface area contributed by atoms with E-state index in [4.69, 9.17) is 0 Å². The fourth-order valence-corrected chi connectivity index (χ4v) is 5.56. The summed E-state index contributed by atoms with van der Waals surface area (Å²) in [4.78, 5) is 5.46. The Bertz CT molecular complexity index is 1100. The van der Waals surface area contributed by atoms with Gasteiger partial charge in [-0.1, -0.05) is 45.0 Å². The highest BCUT2D eigenvalue weighted by Gasteiger charge is 2.37. The first-order valence-corrected chi connectivity index (χ1v) is 10.9. The number of thiophene rings is 1. The summed E-state index contributed by atoms with van der Waals surface area (Å²) in [7, 11) is 0. The number of nitrogens with zero attached hydrogens (tertiary/aromatic N) is 1. The number of hydrogen-bond acceptors (Lipinski definition) is 3. The normalized spacial score (nSPS) is 13.7. The monoisotopic (exact) mass is 419 g/mol. The lowest BCUT2D eigenvalue weighted by Crippen LogP contribution is -2.12. The molecule has 1 unspecified atom stereocenters. The molecular weight excluding hydrogens is 399 g/mol. The quantitative estimate of drug-likeness (QED) is 0.326. The minimum absolute atomic E-state index is 0.000783. The third-order valence-corrected chi connectivity index (χ3v) is 7.57. The highest BCUT2D eigenvalue weighted by molar-refractivity contribution is 7.19. The van der Waals surface area contributed by atoms with E-state index in [9.17, 15) is 13.2 Å². The van der Waals surface area contributed by atoms with Crippen LogP contribution in [0.2, 0.25) is 0 Å². The zero-order valence-corrected chi connectivity index (χ0v) is 17.4. The number of alkyl halides is 3. The molecule has 0 aliphatic carbocycles. The molecule has 0 N–H and O–H groups in total. The van der Waals surface area contributed by atoms with Crippen LogP contribution in [-0.2, 0) is 12.6 Å². The Kier molecular flexibility index (Phi) is 4.96. The Morgan fingerprint density at radius 1 is 0.964 bits per heavy atom. The molecule has 2 aromatic heterocycles. The molecule has 4 rings (SSSR count). The van der Waals surface area contributed by atoms with Crippen molar-refractivity contribution >= 4 is 43.0 Å². The lowest BCUT2D eigenvalue weighted by atomic mass is 9.94. The maximum Gasteiger partial charge on any atom is 0.418 e. The topological polar surface area (TPSA) is 12.9 Å². The summed E-state index contributed by atoms with van der Waals surface area (Å²) in [5.74, 6) is 0.110. The van der Waals surface area contributed by atoms with E-state index < -0.39 is 11.7 Å². The van der Waals surface area contributed by atoms with Crippen molar-refractivity contribution in [3.8, 4) is 0 Å². The molecule has 146 valence electrons. The Morgan fingerprint density at radius 3 is 2.39 bits per heavy atom. The number of halogens is 3. The standard InChI is InChI=1S/C22H20F3NS2/c1-12(2)21-26-20-17(28-21)9-8-15(19(20)22(23,24)25)10-13(3)18-11-14-6-4-5-7-16(14)27-18/h4-9,11-13H,10H2,1-3H3. The maximum atomic E-state index is 14.0. The number of rotatable bonds is 4. The third kappa shape index (κ3) is 3.55. The first-order chi connectivity index (χ1) is 13.2. The van der Waals surface area contributed by atoms with Crippen molar-refractivity contribution in [3.05, 3.63) is 63.5 Å². The lowest BCUT2D eigenvalue weighted by Gasteiger charge is -2.16. The fourth-order valence-electron chi connectivity index (χ4n) is 3.46. The molecule has 2 heterocycles. The minimum atomic E-state index is -4.42. The van der Waals surface area contributed by atoms with Gasteiger partial charge in [-0.05, 0) is 41.5 Å². The molecule has 0 radical (unpaired) electrons. The second-order valence-corrected chi connectivity index (χ2v) is 9.62. The van der Waals surface area contributed by atoms with Gasteiger partial charge in [0.25, 0.3) is 0 Å². The van der Waals surface area contributed by atoms with Crippen LogP contribution in [0.4, 0.5) is 13.2 Å². The maximum absolute atomic E-state index is 14.0. The van der Waals surface area contributed by atoms with Crippen LogP contribution >= 0.6 is 22.7 Å². The van der Waals surface area contributed by atoms with Gasteiger partial charge in [0.05, 0.1) is 20.8 Å². The summed E-state index contributed by atoms with van der Waals surface area (Å²) in [5.41, 5.74) is -0.145. The van der Waals surface area contributed by atoms with Gasteiger partial charge in [0, 0.05) is 15.5 Å². The number of aromatic nitrogens is 1. The Hall–Kier alpha value is -1.92. The molecule has 0 spiro atoms. The molecule has 6 heteroatoms. The average molecular weight is 420 g/mol. The first kappa shape index (κ1) is 19.4. The molecule has 28 heavy (non-hydrogen) atoms. The smallest absolute Gasteiger partial charge is 0.240 e. The molecule has 1 nitrogen and oxygen atoms in total. The zero-order chi connectivity index (χ0) is 20.1. The summed E-state index contributed by atoms with van der Waals surface area (Å²) >= 11 is 3.01. The van der Waals surface area contributed by atoms with Crippen molar-refractivity contribution in [2.24, 2.45) is 0 Å². The van der Waals surface area contributed by atoms with Crippen molar-refractivity contribution in [2.45, 2.75) is 45.2 Å². The molecule has 0 fully saturated rings. The summed E-state index contributed by atoms with van der Waals surface area (Å²) in [5, 5.41) is 1.89. The van der Waals surface area contributed by atoms with Crippen molar-refractivity contribution in [1.82, 2.24) is 4.98 Å². The Balaban J connectivity index is 1.76. The number of hydrogen-bond donors (Lipinski definition) is 0. The highest BCUT2D eigenvalue weighted by Crippen LogP contribution is 2.42.